The summed E-state index contributed by atoms with van der Waals surface area (Å²) in [6.45, 7) is 3.89. The Morgan fingerprint density at radius 2 is 2.18 bits per heavy atom. The average Bonchev–Trinajstić information content (AvgIpc) is 2.74. The number of carbonyl (C=O) groups is 1. The molecule has 96 valence electrons. The molecule has 3 N–H and O–H groups in total. The molecule has 0 aliphatic carbocycles. The topological polar surface area (TPSA) is 96.3 Å². The maximum Gasteiger partial charge on any atom is 0.270 e. The first kappa shape index (κ1) is 13.7. The number of hydrogen-bond acceptors (Lipinski definition) is 3. The highest BCUT2D eigenvalue weighted by Crippen LogP contribution is 2.12. The molecule has 0 aliphatic rings. The molecule has 0 spiro atoms. The van der Waals surface area contributed by atoms with E-state index < -0.39 is 10.0 Å². The minimum atomic E-state index is -3.77. The lowest BCUT2D eigenvalue weighted by Gasteiger charge is -2.23. The van der Waals surface area contributed by atoms with Gasteiger partial charge < -0.3 is 9.88 Å². The van der Waals surface area contributed by atoms with E-state index in [2.05, 4.69) is 4.98 Å². The van der Waals surface area contributed by atoms with Gasteiger partial charge in [0.25, 0.3) is 5.91 Å². The predicted octanol–water partition coefficient (Wildman–Crippen LogP) is 0.533. The summed E-state index contributed by atoms with van der Waals surface area (Å²) in [5, 5.41) is 4.96. The number of carbonyl (C=O) groups excluding carboxylic acids is 1. The van der Waals surface area contributed by atoms with Crippen molar-refractivity contribution in [1.82, 2.24) is 9.88 Å². The normalized spacial score (nSPS) is 13.4. The van der Waals surface area contributed by atoms with Gasteiger partial charge in [-0.2, -0.15) is 0 Å². The molecule has 17 heavy (non-hydrogen) atoms. The van der Waals surface area contributed by atoms with Gasteiger partial charge >= 0.3 is 0 Å². The number of aromatic amines is 1. The molecule has 1 amide bonds. The lowest BCUT2D eigenvalue weighted by Crippen LogP contribution is -2.34. The third kappa shape index (κ3) is 3.07. The number of nitrogens with zero attached hydrogens (tertiary/aromatic N) is 1. The first-order chi connectivity index (χ1) is 7.77. The fourth-order valence-corrected chi connectivity index (χ4v) is 1.83. The predicted molar refractivity (Wildman–Crippen MR) is 64.0 cm³/mol. The summed E-state index contributed by atoms with van der Waals surface area (Å²) in [5.74, 6) is -0.255. The number of aromatic nitrogens is 1. The molecule has 7 heteroatoms. The van der Waals surface area contributed by atoms with E-state index in [1.165, 1.54) is 12.3 Å². The van der Waals surface area contributed by atoms with Crippen LogP contribution in [0.2, 0.25) is 0 Å². The van der Waals surface area contributed by atoms with Crippen LogP contribution in [0.1, 0.15) is 30.8 Å². The van der Waals surface area contributed by atoms with Gasteiger partial charge in [0.1, 0.15) is 5.69 Å². The number of hydrogen-bond donors (Lipinski definition) is 2. The van der Waals surface area contributed by atoms with Crippen LogP contribution in [-0.4, -0.2) is 37.3 Å². The molecule has 0 aliphatic heterocycles. The third-order valence-corrected chi connectivity index (χ3v) is 3.68. The summed E-state index contributed by atoms with van der Waals surface area (Å²) in [6, 6.07) is 1.33. The number of primary sulfonamides is 1. The highest BCUT2D eigenvalue weighted by molar-refractivity contribution is 7.89. The van der Waals surface area contributed by atoms with Gasteiger partial charge in [0, 0.05) is 19.3 Å². The van der Waals surface area contributed by atoms with Crippen LogP contribution in [0.3, 0.4) is 0 Å². The molecule has 0 radical (unpaired) electrons. The zero-order valence-corrected chi connectivity index (χ0v) is 10.9. The van der Waals surface area contributed by atoms with Gasteiger partial charge in [-0.25, -0.2) is 13.6 Å². The Kier molecular flexibility index (Phi) is 3.94. The second kappa shape index (κ2) is 4.89. The Morgan fingerprint density at radius 1 is 1.59 bits per heavy atom. The quantitative estimate of drug-likeness (QED) is 0.825. The smallest absolute Gasteiger partial charge is 0.270 e. The molecule has 1 aromatic rings. The third-order valence-electron chi connectivity index (χ3n) is 2.79. The Hall–Kier alpha value is -1.34. The monoisotopic (exact) mass is 259 g/mol. The first-order valence-electron chi connectivity index (χ1n) is 5.25. The van der Waals surface area contributed by atoms with Gasteiger partial charge in [-0.3, -0.25) is 4.79 Å². The van der Waals surface area contributed by atoms with Gasteiger partial charge in [-0.1, -0.05) is 6.92 Å². The fraction of sp³-hybridized carbons (Fsp3) is 0.500. The average molecular weight is 259 g/mol. The van der Waals surface area contributed by atoms with Crippen LogP contribution in [-0.2, 0) is 10.0 Å². The number of rotatable bonds is 4. The molecule has 1 aromatic heterocycles. The Balaban J connectivity index is 2.95. The molecule has 0 aromatic carbocycles. The van der Waals surface area contributed by atoms with Crippen molar-refractivity contribution in [2.75, 3.05) is 7.05 Å². The minimum absolute atomic E-state index is 0.0848. The summed E-state index contributed by atoms with van der Waals surface area (Å²) in [7, 11) is -2.09. The minimum Gasteiger partial charge on any atom is -0.356 e. The number of nitrogens with two attached hydrogens (primary N) is 1. The van der Waals surface area contributed by atoms with Gasteiger partial charge in [-0.15, -0.1) is 0 Å². The second-order valence-electron chi connectivity index (χ2n) is 3.97. The van der Waals surface area contributed by atoms with Crippen molar-refractivity contribution in [1.29, 1.82) is 0 Å². The lowest BCUT2D eigenvalue weighted by molar-refractivity contribution is 0.0735. The van der Waals surface area contributed by atoms with E-state index in [-0.39, 0.29) is 22.5 Å². The van der Waals surface area contributed by atoms with Crippen LogP contribution in [0.25, 0.3) is 0 Å². The molecule has 0 saturated heterocycles. The molecule has 6 nitrogen and oxygen atoms in total. The fourth-order valence-electron chi connectivity index (χ4n) is 1.33. The van der Waals surface area contributed by atoms with Gasteiger partial charge in [0.15, 0.2) is 0 Å². The van der Waals surface area contributed by atoms with E-state index in [9.17, 15) is 13.2 Å². The maximum atomic E-state index is 11.9. The van der Waals surface area contributed by atoms with E-state index in [0.29, 0.717) is 0 Å². The van der Waals surface area contributed by atoms with Gasteiger partial charge in [0.05, 0.1) is 4.90 Å². The summed E-state index contributed by atoms with van der Waals surface area (Å²) in [4.78, 5) is 16.0. The van der Waals surface area contributed by atoms with Crippen LogP contribution in [0.5, 0.6) is 0 Å². The van der Waals surface area contributed by atoms with Crippen molar-refractivity contribution in [2.45, 2.75) is 31.2 Å². The zero-order valence-electron chi connectivity index (χ0n) is 10.1. The highest BCUT2D eigenvalue weighted by atomic mass is 32.2. The van der Waals surface area contributed by atoms with E-state index in [1.54, 1.807) is 11.9 Å². The summed E-state index contributed by atoms with van der Waals surface area (Å²) < 4.78 is 22.1. The molecule has 0 fully saturated rings. The molecular formula is C10H17N3O3S. The molecule has 1 rings (SSSR count). The van der Waals surface area contributed by atoms with Gasteiger partial charge in [0.2, 0.25) is 10.0 Å². The largest absolute Gasteiger partial charge is 0.356 e. The number of H-pyrrole nitrogens is 1. The van der Waals surface area contributed by atoms with E-state index >= 15 is 0 Å². The van der Waals surface area contributed by atoms with Crippen LogP contribution in [0.4, 0.5) is 0 Å². The van der Waals surface area contributed by atoms with Crippen molar-refractivity contribution >= 4 is 15.9 Å². The molecular weight excluding hydrogens is 242 g/mol. The van der Waals surface area contributed by atoms with Crippen molar-refractivity contribution in [2.24, 2.45) is 5.14 Å². The SMILES string of the molecule is CCC(C)N(C)C(=O)c1cc(S(N)(=O)=O)c[nH]1. The molecule has 1 unspecified atom stereocenters. The van der Waals surface area contributed by atoms with E-state index in [4.69, 9.17) is 5.14 Å². The number of nitrogens with one attached hydrogen (secondary N) is 1. The van der Waals surface area contributed by atoms with Crippen molar-refractivity contribution in [3.05, 3.63) is 18.0 Å². The standard InChI is InChI=1S/C10H17N3O3S/c1-4-7(2)13(3)10(14)9-5-8(6-12-9)17(11,15)16/h5-7,12H,4H2,1-3H3,(H2,11,15,16). The Morgan fingerprint density at radius 3 is 2.59 bits per heavy atom. The van der Waals surface area contributed by atoms with Crippen molar-refractivity contribution in [3.8, 4) is 0 Å². The molecule has 1 atom stereocenters. The Labute approximate surface area is 101 Å². The van der Waals surface area contributed by atoms with Crippen LogP contribution >= 0.6 is 0 Å². The number of sulfonamides is 1. The first-order valence-corrected chi connectivity index (χ1v) is 6.80. The summed E-state index contributed by atoms with van der Waals surface area (Å²) in [6.07, 6.45) is 2.04. The van der Waals surface area contributed by atoms with Crippen LogP contribution in [0, 0.1) is 0 Å². The summed E-state index contributed by atoms with van der Waals surface area (Å²) in [5.41, 5.74) is 0.219. The molecule has 0 bridgehead atoms. The highest BCUT2D eigenvalue weighted by Gasteiger charge is 2.19. The van der Waals surface area contributed by atoms with E-state index in [0.717, 1.165) is 6.42 Å². The van der Waals surface area contributed by atoms with E-state index in [1.807, 2.05) is 13.8 Å². The van der Waals surface area contributed by atoms with Gasteiger partial charge in [-0.05, 0) is 19.4 Å². The Bertz CT molecular complexity index is 507. The molecule has 1 heterocycles. The second-order valence-corrected chi connectivity index (χ2v) is 5.53. The maximum absolute atomic E-state index is 11.9. The zero-order chi connectivity index (χ0) is 13.2. The summed E-state index contributed by atoms with van der Waals surface area (Å²) >= 11 is 0. The number of amides is 1. The van der Waals surface area contributed by atoms with Crippen LogP contribution < -0.4 is 5.14 Å². The van der Waals surface area contributed by atoms with Crippen LogP contribution in [0.15, 0.2) is 17.2 Å². The van der Waals surface area contributed by atoms with Crippen molar-refractivity contribution in [3.63, 3.8) is 0 Å². The lowest BCUT2D eigenvalue weighted by atomic mass is 10.2. The molecule has 0 saturated carbocycles. The van der Waals surface area contributed by atoms with Crippen molar-refractivity contribution < 1.29 is 13.2 Å².